The lowest BCUT2D eigenvalue weighted by atomic mass is 11.6. The highest BCUT2D eigenvalue weighted by Crippen LogP contribution is 1.88. The summed E-state index contributed by atoms with van der Waals surface area (Å²) >= 11 is 0. The summed E-state index contributed by atoms with van der Waals surface area (Å²) in [5.74, 6) is 0. The molecule has 0 aliphatic heterocycles. The summed E-state index contributed by atoms with van der Waals surface area (Å²) in [4.78, 5) is 0. The van der Waals surface area contributed by atoms with Crippen molar-refractivity contribution in [3.63, 3.8) is 0 Å². The second kappa shape index (κ2) is 8.34. The largest absolute Gasteiger partial charge is 0.333 e. The minimum atomic E-state index is -4.62. The molecule has 0 fully saturated rings. The van der Waals surface area contributed by atoms with Crippen LogP contribution >= 0.6 is 0 Å². The summed E-state index contributed by atoms with van der Waals surface area (Å²) in [5, 5.41) is -1.65. The predicted molar refractivity (Wildman–Crippen MR) is 48.2 cm³/mol. The second-order valence-corrected chi connectivity index (χ2v) is 4.55. The Balaban J connectivity index is -0.000000218. The van der Waals surface area contributed by atoms with E-state index in [-0.39, 0.29) is 0 Å². The molecule has 10 heteroatoms. The zero-order valence-electron chi connectivity index (χ0n) is 7.21. The molecule has 0 spiro atoms. The second-order valence-electron chi connectivity index (χ2n) is 1.28. The first kappa shape index (κ1) is 18.5. The van der Waals surface area contributed by atoms with Crippen LogP contribution in [-0.4, -0.2) is 45.1 Å². The number of hydrogen-bond donors (Lipinski definition) is 4. The molecule has 0 aliphatic carbocycles. The van der Waals surface area contributed by atoms with E-state index in [0.717, 1.165) is 0 Å². The Hall–Kier alpha value is -0.260. The van der Waals surface area contributed by atoms with Crippen LogP contribution in [0.4, 0.5) is 0 Å². The topological polar surface area (TPSA) is 161 Å². The highest BCUT2D eigenvalue weighted by Gasteiger charge is 2.15. The summed E-state index contributed by atoms with van der Waals surface area (Å²) in [6.45, 7) is 0. The molecule has 0 bridgehead atoms. The molecule has 0 radical (unpaired) electrons. The summed E-state index contributed by atoms with van der Waals surface area (Å²) in [6, 6.07) is 0. The van der Waals surface area contributed by atoms with Gasteiger partial charge in [-0.05, 0) is 14.1 Å². The van der Waals surface area contributed by atoms with E-state index in [2.05, 4.69) is 11.5 Å². The third-order valence-electron chi connectivity index (χ3n) is 0.298. The van der Waals surface area contributed by atoms with Gasteiger partial charge in [0, 0.05) is 0 Å². The Morgan fingerprint density at radius 2 is 1.00 bits per heavy atom. The molecule has 0 rings (SSSR count). The zero-order valence-corrected chi connectivity index (χ0v) is 8.84. The van der Waals surface area contributed by atoms with Gasteiger partial charge in [-0.2, -0.15) is 16.8 Å². The predicted octanol–water partition coefficient (Wildman–Crippen LogP) is -2.13. The molecule has 0 unspecified atom stereocenters. The summed E-state index contributed by atoms with van der Waals surface area (Å²) in [7, 11) is -6.24. The van der Waals surface area contributed by atoms with Gasteiger partial charge in [0.1, 0.15) is 0 Å². The standard InChI is InChI=1S/2CH5N.CH4O6S2/c2*1-2;2-8(3,4)1-9(5,6)7/h2*2H2,1H3;1H2,(H,2,3,4)(H,5,6,7). The minimum Gasteiger partial charge on any atom is -0.333 e. The van der Waals surface area contributed by atoms with Gasteiger partial charge in [0.15, 0.2) is 0 Å². The van der Waals surface area contributed by atoms with Crippen molar-refractivity contribution in [2.75, 3.05) is 19.2 Å². The molecule has 0 amide bonds. The van der Waals surface area contributed by atoms with E-state index < -0.39 is 25.3 Å². The minimum absolute atomic E-state index is 1.50. The van der Waals surface area contributed by atoms with Crippen LogP contribution in [0.5, 0.6) is 0 Å². The van der Waals surface area contributed by atoms with E-state index in [1.165, 1.54) is 14.1 Å². The molecule has 13 heavy (non-hydrogen) atoms. The Labute approximate surface area is 77.4 Å². The molecule has 6 N–H and O–H groups in total. The maximum atomic E-state index is 9.66. The molecule has 0 aromatic heterocycles. The van der Waals surface area contributed by atoms with Crippen molar-refractivity contribution >= 4 is 20.2 Å². The van der Waals surface area contributed by atoms with Crippen LogP contribution in [0.2, 0.25) is 0 Å². The van der Waals surface area contributed by atoms with Gasteiger partial charge >= 0.3 is 0 Å². The van der Waals surface area contributed by atoms with Crippen molar-refractivity contribution in [2.24, 2.45) is 11.5 Å². The third kappa shape index (κ3) is 33.8. The van der Waals surface area contributed by atoms with Crippen LogP contribution in [0, 0.1) is 0 Å². The molecule has 0 aliphatic rings. The van der Waals surface area contributed by atoms with Crippen molar-refractivity contribution in [3.8, 4) is 0 Å². The lowest BCUT2D eigenvalue weighted by molar-refractivity contribution is 0.471. The summed E-state index contributed by atoms with van der Waals surface area (Å²) in [5.41, 5.74) is 9.00. The molecule has 0 aromatic rings. The van der Waals surface area contributed by atoms with Crippen LogP contribution < -0.4 is 11.5 Å². The van der Waals surface area contributed by atoms with Gasteiger partial charge in [-0.3, -0.25) is 9.11 Å². The van der Waals surface area contributed by atoms with Gasteiger partial charge in [-0.25, -0.2) is 0 Å². The highest BCUT2D eigenvalue weighted by atomic mass is 32.3. The normalized spacial score (nSPS) is 10.3. The van der Waals surface area contributed by atoms with Crippen LogP contribution in [0.25, 0.3) is 0 Å². The van der Waals surface area contributed by atoms with Gasteiger partial charge < -0.3 is 11.5 Å². The Kier molecular flexibility index (Phi) is 11.9. The van der Waals surface area contributed by atoms with Crippen molar-refractivity contribution in [3.05, 3.63) is 0 Å². The van der Waals surface area contributed by atoms with Crippen molar-refractivity contribution in [1.82, 2.24) is 0 Å². The van der Waals surface area contributed by atoms with Crippen LogP contribution in [0.15, 0.2) is 0 Å². The first-order valence-electron chi connectivity index (χ1n) is 2.76. The maximum absolute atomic E-state index is 9.66. The van der Waals surface area contributed by atoms with Gasteiger partial charge in [-0.15, -0.1) is 0 Å². The van der Waals surface area contributed by atoms with E-state index in [0.29, 0.717) is 0 Å². The lowest BCUT2D eigenvalue weighted by Crippen LogP contribution is -2.13. The lowest BCUT2D eigenvalue weighted by Gasteiger charge is -1.89. The van der Waals surface area contributed by atoms with E-state index >= 15 is 0 Å². The smallest absolute Gasteiger partial charge is 0.281 e. The fraction of sp³-hybridized carbons (Fsp3) is 1.00. The highest BCUT2D eigenvalue weighted by molar-refractivity contribution is 8.02. The van der Waals surface area contributed by atoms with E-state index in [1.54, 1.807) is 0 Å². The summed E-state index contributed by atoms with van der Waals surface area (Å²) in [6.07, 6.45) is 0. The number of hydrogen-bond acceptors (Lipinski definition) is 6. The fourth-order valence-electron chi connectivity index (χ4n) is 0.188. The average molecular weight is 238 g/mol. The van der Waals surface area contributed by atoms with Crippen LogP contribution in [-0.2, 0) is 20.2 Å². The summed E-state index contributed by atoms with van der Waals surface area (Å²) < 4.78 is 54.2. The fourth-order valence-corrected chi connectivity index (χ4v) is 1.69. The molecular formula is C3H14N2O6S2. The molecule has 0 saturated carbocycles. The first-order valence-corrected chi connectivity index (χ1v) is 5.98. The zero-order chi connectivity index (χ0) is 11.7. The third-order valence-corrected chi connectivity index (χ3v) is 2.68. The quantitative estimate of drug-likeness (QED) is 0.396. The number of nitrogens with two attached hydrogens (primary N) is 2. The van der Waals surface area contributed by atoms with Crippen molar-refractivity contribution < 1.29 is 25.9 Å². The Bertz CT molecular complexity index is 249. The SMILES string of the molecule is CN.CN.O=S(=O)(O)CS(=O)(=O)O. The van der Waals surface area contributed by atoms with Gasteiger partial charge in [0.25, 0.3) is 20.2 Å². The maximum Gasteiger partial charge on any atom is 0.281 e. The Morgan fingerprint density at radius 1 is 0.846 bits per heavy atom. The van der Waals surface area contributed by atoms with Gasteiger partial charge in [0.05, 0.1) is 0 Å². The van der Waals surface area contributed by atoms with Crippen molar-refractivity contribution in [1.29, 1.82) is 0 Å². The molecule has 0 aromatic carbocycles. The number of rotatable bonds is 2. The molecule has 0 saturated heterocycles. The first-order chi connectivity index (χ1) is 5.71. The molecule has 84 valence electrons. The molecule has 0 heterocycles. The molecular weight excluding hydrogens is 224 g/mol. The Morgan fingerprint density at radius 3 is 1.00 bits per heavy atom. The van der Waals surface area contributed by atoms with Crippen LogP contribution in [0.1, 0.15) is 0 Å². The van der Waals surface area contributed by atoms with Crippen molar-refractivity contribution in [2.45, 2.75) is 0 Å². The van der Waals surface area contributed by atoms with E-state index in [9.17, 15) is 16.8 Å². The average Bonchev–Trinajstić information content (AvgIpc) is 1.88. The van der Waals surface area contributed by atoms with E-state index in [1.807, 2.05) is 0 Å². The van der Waals surface area contributed by atoms with Gasteiger partial charge in [-0.1, -0.05) is 0 Å². The van der Waals surface area contributed by atoms with Crippen LogP contribution in [0.3, 0.4) is 0 Å². The molecule has 8 nitrogen and oxygen atoms in total. The monoisotopic (exact) mass is 238 g/mol. The van der Waals surface area contributed by atoms with Gasteiger partial charge in [0.2, 0.25) is 5.08 Å². The van der Waals surface area contributed by atoms with E-state index in [4.69, 9.17) is 9.11 Å². The molecule has 0 atom stereocenters.